The fraction of sp³-hybridized carbons (Fsp3) is 0.625. The van der Waals surface area contributed by atoms with Gasteiger partial charge in [-0.3, -0.25) is 9.80 Å². The van der Waals surface area contributed by atoms with Crippen LogP contribution in [0, 0.1) is 0 Å². The Morgan fingerprint density at radius 1 is 1.19 bits per heavy atom. The van der Waals surface area contributed by atoms with Gasteiger partial charge in [0, 0.05) is 32.2 Å². The summed E-state index contributed by atoms with van der Waals surface area (Å²) in [5.41, 5.74) is 2.11. The summed E-state index contributed by atoms with van der Waals surface area (Å²) in [7, 11) is 0. The molecule has 0 aliphatic carbocycles. The van der Waals surface area contributed by atoms with Crippen molar-refractivity contribution >= 4 is 0 Å². The number of halogens is 2. The first-order valence-corrected chi connectivity index (χ1v) is 7.55. The number of piperazine rings is 1. The number of aliphatic hydroxyl groups is 1. The highest BCUT2D eigenvalue weighted by Gasteiger charge is 2.27. The van der Waals surface area contributed by atoms with Crippen molar-refractivity contribution < 1.29 is 13.9 Å². The quantitative estimate of drug-likeness (QED) is 0.873. The monoisotopic (exact) mass is 298 g/mol. The summed E-state index contributed by atoms with van der Waals surface area (Å²) in [5.74, 6) is 0. The largest absolute Gasteiger partial charge is 0.392 e. The molecule has 0 saturated carbocycles. The van der Waals surface area contributed by atoms with E-state index < -0.39 is 6.43 Å². The standard InChI is InChI=1S/C16H24F2N2O/c1-2-15-10-19(7-8-20(15)11-16(17)18)9-13-3-5-14(12-21)6-4-13/h3-6,15-16,21H,2,7-12H2,1H3. The molecule has 21 heavy (non-hydrogen) atoms. The molecule has 0 radical (unpaired) electrons. The van der Waals surface area contributed by atoms with Crippen LogP contribution in [0.15, 0.2) is 24.3 Å². The molecule has 1 aliphatic rings. The Labute approximate surface area is 125 Å². The summed E-state index contributed by atoms with van der Waals surface area (Å²) in [5, 5.41) is 9.04. The number of hydrogen-bond acceptors (Lipinski definition) is 3. The zero-order valence-corrected chi connectivity index (χ0v) is 12.5. The van der Waals surface area contributed by atoms with Gasteiger partial charge in [0.25, 0.3) is 6.43 Å². The minimum atomic E-state index is -2.25. The average Bonchev–Trinajstić information content (AvgIpc) is 2.49. The van der Waals surface area contributed by atoms with Gasteiger partial charge in [0.1, 0.15) is 0 Å². The molecule has 1 fully saturated rings. The van der Waals surface area contributed by atoms with Crippen molar-refractivity contribution in [3.8, 4) is 0 Å². The molecule has 0 amide bonds. The Kier molecular flexibility index (Phi) is 6.08. The second kappa shape index (κ2) is 7.82. The van der Waals surface area contributed by atoms with E-state index in [0.29, 0.717) is 6.54 Å². The number of nitrogens with zero attached hydrogens (tertiary/aromatic N) is 2. The second-order valence-electron chi connectivity index (χ2n) is 5.66. The maximum atomic E-state index is 12.6. The van der Waals surface area contributed by atoms with Crippen LogP contribution in [0.4, 0.5) is 8.78 Å². The third-order valence-corrected chi connectivity index (χ3v) is 4.14. The molecule has 1 aromatic carbocycles. The van der Waals surface area contributed by atoms with Crippen molar-refractivity contribution in [1.82, 2.24) is 9.80 Å². The molecule has 118 valence electrons. The third kappa shape index (κ3) is 4.73. The van der Waals surface area contributed by atoms with Crippen molar-refractivity contribution in [2.45, 2.75) is 39.0 Å². The molecular formula is C16H24F2N2O. The minimum Gasteiger partial charge on any atom is -0.392 e. The van der Waals surface area contributed by atoms with E-state index in [1.165, 1.54) is 5.56 Å². The maximum Gasteiger partial charge on any atom is 0.251 e. The van der Waals surface area contributed by atoms with E-state index in [9.17, 15) is 8.78 Å². The van der Waals surface area contributed by atoms with E-state index in [-0.39, 0.29) is 19.2 Å². The molecule has 0 bridgehead atoms. The van der Waals surface area contributed by atoms with Crippen molar-refractivity contribution in [3.05, 3.63) is 35.4 Å². The molecule has 1 unspecified atom stereocenters. The topological polar surface area (TPSA) is 26.7 Å². The van der Waals surface area contributed by atoms with Gasteiger partial charge < -0.3 is 5.11 Å². The number of alkyl halides is 2. The van der Waals surface area contributed by atoms with Gasteiger partial charge in [-0.15, -0.1) is 0 Å². The number of benzene rings is 1. The first-order chi connectivity index (χ1) is 10.1. The molecule has 3 nitrogen and oxygen atoms in total. The maximum absolute atomic E-state index is 12.6. The molecule has 0 spiro atoms. The molecule has 1 atom stereocenters. The Balaban J connectivity index is 1.90. The van der Waals surface area contributed by atoms with Gasteiger partial charge in [0.05, 0.1) is 13.2 Å². The predicted octanol–water partition coefficient (Wildman–Crippen LogP) is 2.34. The summed E-state index contributed by atoms with van der Waals surface area (Å²) in [6, 6.07) is 8.12. The lowest BCUT2D eigenvalue weighted by Gasteiger charge is -2.41. The van der Waals surface area contributed by atoms with Crippen molar-refractivity contribution in [1.29, 1.82) is 0 Å². The number of hydrogen-bond donors (Lipinski definition) is 1. The van der Waals surface area contributed by atoms with Crippen LogP contribution in [-0.4, -0.2) is 53.6 Å². The van der Waals surface area contributed by atoms with E-state index in [2.05, 4.69) is 11.8 Å². The fourth-order valence-electron chi connectivity index (χ4n) is 2.91. The molecular weight excluding hydrogens is 274 g/mol. The highest BCUT2D eigenvalue weighted by atomic mass is 19.3. The number of rotatable bonds is 6. The van der Waals surface area contributed by atoms with E-state index in [4.69, 9.17) is 5.11 Å². The molecule has 5 heteroatoms. The van der Waals surface area contributed by atoms with Gasteiger partial charge in [0.15, 0.2) is 0 Å². The van der Waals surface area contributed by atoms with Crippen LogP contribution in [0.5, 0.6) is 0 Å². The number of aliphatic hydroxyl groups excluding tert-OH is 1. The summed E-state index contributed by atoms with van der Waals surface area (Å²) in [6.07, 6.45) is -1.36. The van der Waals surface area contributed by atoms with Crippen molar-refractivity contribution in [3.63, 3.8) is 0 Å². The Morgan fingerprint density at radius 2 is 1.86 bits per heavy atom. The average molecular weight is 298 g/mol. The highest BCUT2D eigenvalue weighted by Crippen LogP contribution is 2.17. The predicted molar refractivity (Wildman–Crippen MR) is 79.3 cm³/mol. The Bertz CT molecular complexity index is 425. The molecule has 1 saturated heterocycles. The lowest BCUT2D eigenvalue weighted by Crippen LogP contribution is -2.53. The van der Waals surface area contributed by atoms with Crippen molar-refractivity contribution in [2.75, 3.05) is 26.2 Å². The SMILES string of the molecule is CCC1CN(Cc2ccc(CO)cc2)CCN1CC(F)F. The van der Waals surface area contributed by atoms with Crippen LogP contribution < -0.4 is 0 Å². The van der Waals surface area contributed by atoms with Crippen LogP contribution >= 0.6 is 0 Å². The van der Waals surface area contributed by atoms with Gasteiger partial charge in [-0.2, -0.15) is 0 Å². The molecule has 1 N–H and O–H groups in total. The first kappa shape index (κ1) is 16.3. The minimum absolute atomic E-state index is 0.0600. The highest BCUT2D eigenvalue weighted by molar-refractivity contribution is 5.22. The van der Waals surface area contributed by atoms with Crippen LogP contribution in [-0.2, 0) is 13.2 Å². The van der Waals surface area contributed by atoms with Crippen molar-refractivity contribution in [2.24, 2.45) is 0 Å². The summed E-state index contributed by atoms with van der Waals surface area (Å²) >= 11 is 0. The zero-order chi connectivity index (χ0) is 15.2. The molecule has 2 rings (SSSR count). The molecule has 1 aliphatic heterocycles. The normalized spacial score (nSPS) is 21.1. The van der Waals surface area contributed by atoms with Crippen LogP contribution in [0.1, 0.15) is 24.5 Å². The van der Waals surface area contributed by atoms with E-state index in [1.54, 1.807) is 0 Å². The Morgan fingerprint density at radius 3 is 2.43 bits per heavy atom. The summed E-state index contributed by atoms with van der Waals surface area (Å²) in [4.78, 5) is 4.24. The summed E-state index contributed by atoms with van der Waals surface area (Å²) in [6.45, 7) is 5.21. The molecule has 1 aromatic rings. The van der Waals surface area contributed by atoms with E-state index in [1.807, 2.05) is 29.2 Å². The smallest absolute Gasteiger partial charge is 0.251 e. The fourth-order valence-corrected chi connectivity index (χ4v) is 2.91. The lowest BCUT2D eigenvalue weighted by atomic mass is 10.1. The van der Waals surface area contributed by atoms with Gasteiger partial charge in [-0.25, -0.2) is 8.78 Å². The van der Waals surface area contributed by atoms with Gasteiger partial charge in [-0.1, -0.05) is 31.2 Å². The Hall–Kier alpha value is -1.04. The van der Waals surface area contributed by atoms with E-state index >= 15 is 0 Å². The van der Waals surface area contributed by atoms with E-state index in [0.717, 1.165) is 31.6 Å². The van der Waals surface area contributed by atoms with Crippen LogP contribution in [0.3, 0.4) is 0 Å². The second-order valence-corrected chi connectivity index (χ2v) is 5.66. The molecule has 1 heterocycles. The first-order valence-electron chi connectivity index (χ1n) is 7.55. The van der Waals surface area contributed by atoms with Gasteiger partial charge >= 0.3 is 0 Å². The van der Waals surface area contributed by atoms with Crippen LogP contribution in [0.25, 0.3) is 0 Å². The van der Waals surface area contributed by atoms with Crippen LogP contribution in [0.2, 0.25) is 0 Å². The van der Waals surface area contributed by atoms with Gasteiger partial charge in [0.2, 0.25) is 0 Å². The lowest BCUT2D eigenvalue weighted by molar-refractivity contribution is 0.0169. The van der Waals surface area contributed by atoms with Gasteiger partial charge in [-0.05, 0) is 17.5 Å². The molecule has 0 aromatic heterocycles. The summed E-state index contributed by atoms with van der Waals surface area (Å²) < 4.78 is 25.1. The third-order valence-electron chi connectivity index (χ3n) is 4.14. The zero-order valence-electron chi connectivity index (χ0n) is 12.5.